The van der Waals surface area contributed by atoms with Crippen LogP contribution in [0.4, 0.5) is 0 Å². The number of hydrogen-bond donors (Lipinski definition) is 3. The Bertz CT molecular complexity index is 1570. The molecule has 0 amide bonds. The smallest absolute Gasteiger partial charge is 0.330 e. The lowest BCUT2D eigenvalue weighted by molar-refractivity contribution is -0.146. The molecule has 0 radical (unpaired) electrons. The van der Waals surface area contributed by atoms with Gasteiger partial charge in [-0.25, -0.2) is 4.79 Å². The number of benzene rings is 4. The van der Waals surface area contributed by atoms with Crippen LogP contribution in [0, 0.1) is 0 Å². The van der Waals surface area contributed by atoms with E-state index in [1.54, 1.807) is 0 Å². The molecule has 8 nitrogen and oxygen atoms in total. The first-order chi connectivity index (χ1) is 21.9. The molecule has 3 atom stereocenters. The monoisotopic (exact) mass is 608 g/mol. The second-order valence-electron chi connectivity index (χ2n) is 10.5. The zero-order valence-electron chi connectivity index (χ0n) is 24.7. The van der Waals surface area contributed by atoms with E-state index in [-0.39, 0.29) is 26.4 Å². The Morgan fingerprint density at radius 2 is 1.18 bits per heavy atom. The summed E-state index contributed by atoms with van der Waals surface area (Å²) in [5.74, 6) is 0.522. The molecule has 8 heteroatoms. The van der Waals surface area contributed by atoms with Gasteiger partial charge in [0.25, 0.3) is 0 Å². The van der Waals surface area contributed by atoms with Crippen LogP contribution in [-0.4, -0.2) is 66.2 Å². The minimum atomic E-state index is -1.20. The minimum Gasteiger partial charge on any atom is -0.491 e. The number of carbonyl (C=O) groups is 1. The molecule has 0 heterocycles. The number of carbonyl (C=O) groups excluding carboxylic acids is 1. The SMILES string of the molecule is C=CC(=O)OC(CO)COc1ccc(C2(c3ccc(OCC(CO)OC(O)C=C)cc3)c3ccccc3-c3ccccc32)cc1. The zero-order valence-corrected chi connectivity index (χ0v) is 24.7. The molecular formula is C37H36O8. The van der Waals surface area contributed by atoms with Crippen molar-refractivity contribution < 1.29 is 39.1 Å². The van der Waals surface area contributed by atoms with Crippen LogP contribution in [0.15, 0.2) is 122 Å². The zero-order chi connectivity index (χ0) is 31.8. The fourth-order valence-electron chi connectivity index (χ4n) is 5.73. The average Bonchev–Trinajstić information content (AvgIpc) is 3.39. The van der Waals surface area contributed by atoms with Gasteiger partial charge < -0.3 is 34.3 Å². The molecule has 0 fully saturated rings. The Morgan fingerprint density at radius 1 is 0.711 bits per heavy atom. The summed E-state index contributed by atoms with van der Waals surface area (Å²) in [6.45, 7) is 6.20. The summed E-state index contributed by atoms with van der Waals surface area (Å²) < 4.78 is 22.2. The van der Waals surface area contributed by atoms with Gasteiger partial charge in [-0.05, 0) is 63.7 Å². The van der Waals surface area contributed by atoms with E-state index >= 15 is 0 Å². The highest BCUT2D eigenvalue weighted by atomic mass is 16.6. The van der Waals surface area contributed by atoms with Crippen molar-refractivity contribution in [2.45, 2.75) is 23.9 Å². The molecule has 0 aliphatic heterocycles. The van der Waals surface area contributed by atoms with Gasteiger partial charge in [0.2, 0.25) is 0 Å². The first-order valence-corrected chi connectivity index (χ1v) is 14.6. The summed E-state index contributed by atoms with van der Waals surface area (Å²) in [6.07, 6.45) is -0.456. The van der Waals surface area contributed by atoms with Gasteiger partial charge in [0.05, 0.1) is 18.6 Å². The average molecular weight is 609 g/mol. The van der Waals surface area contributed by atoms with Crippen molar-refractivity contribution >= 4 is 5.97 Å². The van der Waals surface area contributed by atoms with Crippen LogP contribution in [0.25, 0.3) is 11.1 Å². The number of fused-ring (bicyclic) bond motifs is 3. The lowest BCUT2D eigenvalue weighted by Crippen LogP contribution is -2.30. The van der Waals surface area contributed by atoms with Crippen molar-refractivity contribution in [3.63, 3.8) is 0 Å². The predicted molar refractivity (Wildman–Crippen MR) is 170 cm³/mol. The maximum Gasteiger partial charge on any atom is 0.330 e. The Balaban J connectivity index is 1.49. The number of hydrogen-bond acceptors (Lipinski definition) is 8. The second-order valence-corrected chi connectivity index (χ2v) is 10.5. The van der Waals surface area contributed by atoms with E-state index in [1.165, 1.54) is 6.08 Å². The second kappa shape index (κ2) is 14.4. The lowest BCUT2D eigenvalue weighted by atomic mass is 9.68. The Kier molecular flexibility index (Phi) is 10.1. The first-order valence-electron chi connectivity index (χ1n) is 14.6. The summed E-state index contributed by atoms with van der Waals surface area (Å²) in [6, 6.07) is 32.4. The summed E-state index contributed by atoms with van der Waals surface area (Å²) in [7, 11) is 0. The first kappa shape index (κ1) is 31.7. The Labute approximate surface area is 262 Å². The maximum absolute atomic E-state index is 11.6. The van der Waals surface area contributed by atoms with E-state index in [9.17, 15) is 20.1 Å². The highest BCUT2D eigenvalue weighted by Gasteiger charge is 2.45. The molecule has 45 heavy (non-hydrogen) atoms. The quantitative estimate of drug-likeness (QED) is 0.0674. The Hall–Kier alpha value is -4.73. The van der Waals surface area contributed by atoms with E-state index in [0.29, 0.717) is 11.5 Å². The number of esters is 1. The molecule has 1 aliphatic carbocycles. The molecule has 4 aromatic rings. The Morgan fingerprint density at radius 3 is 1.62 bits per heavy atom. The molecule has 5 rings (SSSR count). The largest absolute Gasteiger partial charge is 0.491 e. The summed E-state index contributed by atoms with van der Waals surface area (Å²) in [5, 5.41) is 28.9. The molecule has 0 saturated heterocycles. The maximum atomic E-state index is 11.6. The lowest BCUT2D eigenvalue weighted by Gasteiger charge is -2.34. The van der Waals surface area contributed by atoms with E-state index in [0.717, 1.165) is 39.5 Å². The van der Waals surface area contributed by atoms with Crippen molar-refractivity contribution in [2.24, 2.45) is 0 Å². The summed E-state index contributed by atoms with van der Waals surface area (Å²) in [4.78, 5) is 11.6. The third-order valence-electron chi connectivity index (χ3n) is 7.79. The van der Waals surface area contributed by atoms with Crippen molar-refractivity contribution in [2.75, 3.05) is 26.4 Å². The molecule has 3 unspecified atom stereocenters. The fourth-order valence-corrected chi connectivity index (χ4v) is 5.73. The van der Waals surface area contributed by atoms with Crippen molar-refractivity contribution in [3.05, 3.63) is 145 Å². The fraction of sp³-hybridized carbons (Fsp3) is 0.216. The van der Waals surface area contributed by atoms with Crippen LogP contribution in [0.1, 0.15) is 22.3 Å². The van der Waals surface area contributed by atoms with Gasteiger partial charge in [0.15, 0.2) is 12.4 Å². The van der Waals surface area contributed by atoms with Crippen LogP contribution in [0.2, 0.25) is 0 Å². The van der Waals surface area contributed by atoms with E-state index in [4.69, 9.17) is 18.9 Å². The highest BCUT2D eigenvalue weighted by molar-refractivity contribution is 5.86. The topological polar surface area (TPSA) is 115 Å². The minimum absolute atomic E-state index is 0.0115. The number of rotatable bonds is 15. The van der Waals surface area contributed by atoms with Gasteiger partial charge in [0.1, 0.15) is 30.8 Å². The van der Waals surface area contributed by atoms with Crippen LogP contribution < -0.4 is 9.47 Å². The van der Waals surface area contributed by atoms with Gasteiger partial charge in [-0.3, -0.25) is 0 Å². The molecule has 0 bridgehead atoms. The van der Waals surface area contributed by atoms with Gasteiger partial charge in [-0.15, -0.1) is 0 Å². The van der Waals surface area contributed by atoms with Crippen molar-refractivity contribution in [1.82, 2.24) is 0 Å². The molecule has 1 aliphatic rings. The summed E-state index contributed by atoms with van der Waals surface area (Å²) in [5.41, 5.74) is 5.95. The molecular weight excluding hydrogens is 572 g/mol. The third-order valence-corrected chi connectivity index (χ3v) is 7.79. The van der Waals surface area contributed by atoms with Gasteiger partial charge in [-0.1, -0.05) is 86.0 Å². The van der Waals surface area contributed by atoms with Crippen LogP contribution >= 0.6 is 0 Å². The van der Waals surface area contributed by atoms with E-state index in [2.05, 4.69) is 37.4 Å². The molecule has 4 aromatic carbocycles. The van der Waals surface area contributed by atoms with Crippen LogP contribution in [-0.2, 0) is 19.7 Å². The highest BCUT2D eigenvalue weighted by Crippen LogP contribution is 2.56. The van der Waals surface area contributed by atoms with Gasteiger partial charge in [-0.2, -0.15) is 0 Å². The normalized spacial score (nSPS) is 14.7. The van der Waals surface area contributed by atoms with Crippen LogP contribution in [0.5, 0.6) is 11.5 Å². The third kappa shape index (κ3) is 6.55. The molecule has 0 spiro atoms. The van der Waals surface area contributed by atoms with Gasteiger partial charge in [0, 0.05) is 6.08 Å². The molecule has 3 N–H and O–H groups in total. The molecule has 232 valence electrons. The van der Waals surface area contributed by atoms with Crippen molar-refractivity contribution in [1.29, 1.82) is 0 Å². The van der Waals surface area contributed by atoms with Gasteiger partial charge >= 0.3 is 5.97 Å². The standard InChI is InChI=1S/C37H36O8/c1-3-35(40)44-29(21-38)23-42-27-17-13-25(14-18-27)37(33-11-7-5-9-31(33)32-10-6-8-12-34(32)37)26-15-19-28(20-16-26)43-24-30(22-39)45-36(41)4-2/h3-20,29-30,35,38-40H,1-2,21-24H2. The van der Waals surface area contributed by atoms with Crippen molar-refractivity contribution in [3.8, 4) is 22.6 Å². The number of aliphatic hydroxyl groups is 3. The van der Waals surface area contributed by atoms with E-state index in [1.807, 2.05) is 72.8 Å². The van der Waals surface area contributed by atoms with E-state index < -0.39 is 29.9 Å². The number of aliphatic hydroxyl groups excluding tert-OH is 3. The predicted octanol–water partition coefficient (Wildman–Crippen LogP) is 4.78. The number of ether oxygens (including phenoxy) is 4. The summed E-state index contributed by atoms with van der Waals surface area (Å²) >= 11 is 0. The molecule has 0 aromatic heterocycles. The van der Waals surface area contributed by atoms with Crippen LogP contribution in [0.3, 0.4) is 0 Å². The molecule has 0 saturated carbocycles.